The summed E-state index contributed by atoms with van der Waals surface area (Å²) in [7, 11) is 0. The smallest absolute Gasteiger partial charge is 0.308 e. The lowest BCUT2D eigenvalue weighted by atomic mass is 10.0. The molecule has 1 atom stereocenters. The van der Waals surface area contributed by atoms with Gasteiger partial charge in [0.2, 0.25) is 0 Å². The van der Waals surface area contributed by atoms with Gasteiger partial charge in [0.1, 0.15) is 11.5 Å². The van der Waals surface area contributed by atoms with Crippen LogP contribution >= 0.6 is 11.8 Å². The molecule has 0 radical (unpaired) electrons. The molecule has 2 aromatic carbocycles. The summed E-state index contributed by atoms with van der Waals surface area (Å²) in [6.45, 7) is 3.17. The highest BCUT2D eigenvalue weighted by Gasteiger charge is 2.21. The molecule has 0 heterocycles. The van der Waals surface area contributed by atoms with Crippen LogP contribution in [-0.4, -0.2) is 22.7 Å². The Kier molecular flexibility index (Phi) is 6.77. The van der Waals surface area contributed by atoms with E-state index in [1.54, 1.807) is 24.3 Å². The molecule has 2 rings (SSSR count). The van der Waals surface area contributed by atoms with Crippen molar-refractivity contribution in [2.45, 2.75) is 24.9 Å². The van der Waals surface area contributed by atoms with Gasteiger partial charge in [0, 0.05) is 18.2 Å². The molecule has 130 valence electrons. The van der Waals surface area contributed by atoms with E-state index in [0.29, 0.717) is 11.3 Å². The molecule has 1 unspecified atom stereocenters. The summed E-state index contributed by atoms with van der Waals surface area (Å²) >= 11 is 1.53. The molecule has 6 heteroatoms. The van der Waals surface area contributed by atoms with Crippen molar-refractivity contribution in [3.8, 4) is 5.75 Å². The van der Waals surface area contributed by atoms with E-state index in [1.165, 1.54) is 18.7 Å². The van der Waals surface area contributed by atoms with Gasteiger partial charge in [-0.05, 0) is 36.8 Å². The van der Waals surface area contributed by atoms with Gasteiger partial charge in [0.05, 0.1) is 5.25 Å². The van der Waals surface area contributed by atoms with Crippen LogP contribution in [0.3, 0.4) is 0 Å². The van der Waals surface area contributed by atoms with Crippen LogP contribution in [0.25, 0.3) is 0 Å². The maximum Gasteiger partial charge on any atom is 0.308 e. The number of carbonyl (C=O) groups is 2. The van der Waals surface area contributed by atoms with Crippen molar-refractivity contribution >= 4 is 29.2 Å². The molecule has 0 aliphatic heterocycles. The summed E-state index contributed by atoms with van der Waals surface area (Å²) in [5, 5.41) is 3.39. The third-order valence-corrected chi connectivity index (χ3v) is 4.68. The normalized spacial score (nSPS) is 12.5. The van der Waals surface area contributed by atoms with E-state index in [2.05, 4.69) is 5.10 Å². The highest BCUT2D eigenvalue weighted by atomic mass is 32.2. The molecule has 0 amide bonds. The van der Waals surface area contributed by atoms with E-state index in [-0.39, 0.29) is 16.7 Å². The Hall–Kier alpha value is -2.60. The van der Waals surface area contributed by atoms with E-state index >= 15 is 0 Å². The molecule has 2 aromatic rings. The molecule has 0 aromatic heterocycles. The number of rotatable bonds is 7. The lowest BCUT2D eigenvalue weighted by Gasteiger charge is -2.12. The van der Waals surface area contributed by atoms with Crippen molar-refractivity contribution in [3.63, 3.8) is 0 Å². The zero-order valence-electron chi connectivity index (χ0n) is 14.1. The first-order valence-electron chi connectivity index (χ1n) is 7.77. The summed E-state index contributed by atoms with van der Waals surface area (Å²) in [6, 6.07) is 16.5. The van der Waals surface area contributed by atoms with Gasteiger partial charge in [-0.2, -0.15) is 5.10 Å². The number of nitrogens with two attached hydrogens (primary N) is 1. The number of ether oxygens (including phenoxy) is 1. The summed E-state index contributed by atoms with van der Waals surface area (Å²) in [6.07, 6.45) is 0. The van der Waals surface area contributed by atoms with Gasteiger partial charge in [-0.15, -0.1) is 11.8 Å². The fourth-order valence-electron chi connectivity index (χ4n) is 2.19. The van der Waals surface area contributed by atoms with Crippen molar-refractivity contribution < 1.29 is 14.3 Å². The maximum absolute atomic E-state index is 12.6. The number of thioether (sulfide) groups is 1. The third kappa shape index (κ3) is 5.46. The molecule has 0 fully saturated rings. The minimum atomic E-state index is -0.400. The second-order valence-electron chi connectivity index (χ2n) is 5.40. The number of hydrogen-bond acceptors (Lipinski definition) is 6. The fourth-order valence-corrected chi connectivity index (χ4v) is 3.09. The molecule has 0 bridgehead atoms. The average molecular weight is 356 g/mol. The van der Waals surface area contributed by atoms with Crippen LogP contribution in [0.15, 0.2) is 59.7 Å². The summed E-state index contributed by atoms with van der Waals surface area (Å²) in [5.74, 6) is 6.05. The largest absolute Gasteiger partial charge is 0.427 e. The van der Waals surface area contributed by atoms with Crippen LogP contribution in [-0.2, 0) is 15.3 Å². The molecular formula is C19H20N2O3S. The van der Waals surface area contributed by atoms with Crippen LogP contribution in [0, 0.1) is 0 Å². The first kappa shape index (κ1) is 18.7. The van der Waals surface area contributed by atoms with E-state index in [0.717, 1.165) is 11.3 Å². The third-order valence-electron chi connectivity index (χ3n) is 3.46. The van der Waals surface area contributed by atoms with Gasteiger partial charge in [0.25, 0.3) is 0 Å². The number of Topliss-reactive ketones (excluding diaryl/α,β-unsaturated/α-hetero) is 1. The number of carbonyl (C=O) groups excluding carboxylic acids is 2. The first-order chi connectivity index (χ1) is 12.0. The first-order valence-corrected chi connectivity index (χ1v) is 8.82. The molecule has 0 spiro atoms. The van der Waals surface area contributed by atoms with Crippen LogP contribution < -0.4 is 10.6 Å². The van der Waals surface area contributed by atoms with Crippen molar-refractivity contribution in [3.05, 3.63) is 65.7 Å². The quantitative estimate of drug-likeness (QED) is 0.271. The fraction of sp³-hybridized carbons (Fsp3) is 0.211. The zero-order chi connectivity index (χ0) is 18.2. The van der Waals surface area contributed by atoms with Crippen molar-refractivity contribution in [1.29, 1.82) is 0 Å². The Labute approximate surface area is 151 Å². The number of ketones is 1. The Morgan fingerprint density at radius 1 is 1.12 bits per heavy atom. The highest BCUT2D eigenvalue weighted by Crippen LogP contribution is 2.21. The molecular weight excluding hydrogens is 336 g/mol. The second kappa shape index (κ2) is 9.03. The standard InChI is InChI=1S/C19H20N2O3S/c1-13(25-12-15-6-4-3-5-7-15)19(23)18(21-20)16-8-10-17(11-9-16)24-14(2)22/h3-11,13H,12,20H2,1-2H3/b21-18+. The van der Waals surface area contributed by atoms with Crippen LogP contribution in [0.5, 0.6) is 5.75 Å². The molecule has 25 heavy (non-hydrogen) atoms. The summed E-state index contributed by atoms with van der Waals surface area (Å²) in [5.41, 5.74) is 1.96. The lowest BCUT2D eigenvalue weighted by Crippen LogP contribution is -2.26. The Balaban J connectivity index is 2.03. The van der Waals surface area contributed by atoms with Crippen LogP contribution in [0.1, 0.15) is 25.0 Å². The predicted molar refractivity (Wildman–Crippen MR) is 101 cm³/mol. The van der Waals surface area contributed by atoms with Crippen LogP contribution in [0.4, 0.5) is 0 Å². The van der Waals surface area contributed by atoms with Gasteiger partial charge in [0.15, 0.2) is 5.78 Å². The van der Waals surface area contributed by atoms with Gasteiger partial charge < -0.3 is 10.6 Å². The monoisotopic (exact) mass is 356 g/mol. The van der Waals surface area contributed by atoms with Gasteiger partial charge >= 0.3 is 5.97 Å². The van der Waals surface area contributed by atoms with Crippen molar-refractivity contribution in [2.24, 2.45) is 10.9 Å². The zero-order valence-corrected chi connectivity index (χ0v) is 15.0. The van der Waals surface area contributed by atoms with Crippen LogP contribution in [0.2, 0.25) is 0 Å². The summed E-state index contributed by atoms with van der Waals surface area (Å²) < 4.78 is 4.98. The van der Waals surface area contributed by atoms with E-state index < -0.39 is 5.97 Å². The lowest BCUT2D eigenvalue weighted by molar-refractivity contribution is -0.131. The Morgan fingerprint density at radius 2 is 1.76 bits per heavy atom. The van der Waals surface area contributed by atoms with Gasteiger partial charge in [-0.1, -0.05) is 30.3 Å². The molecule has 2 N–H and O–H groups in total. The molecule has 0 aliphatic carbocycles. The Bertz CT molecular complexity index is 758. The topological polar surface area (TPSA) is 81.8 Å². The summed E-state index contributed by atoms with van der Waals surface area (Å²) in [4.78, 5) is 23.6. The minimum absolute atomic E-state index is 0.135. The number of hydrazone groups is 1. The maximum atomic E-state index is 12.6. The Morgan fingerprint density at radius 3 is 2.32 bits per heavy atom. The highest BCUT2D eigenvalue weighted by molar-refractivity contribution is 7.99. The number of benzene rings is 2. The number of nitrogens with zero attached hydrogens (tertiary/aromatic N) is 1. The number of esters is 1. The number of hydrogen-bond donors (Lipinski definition) is 1. The molecule has 5 nitrogen and oxygen atoms in total. The SMILES string of the molecule is CC(=O)Oc1ccc(/C(=N\N)C(=O)C(C)SCc2ccccc2)cc1. The second-order valence-corrected chi connectivity index (χ2v) is 6.73. The van der Waals surface area contributed by atoms with E-state index in [9.17, 15) is 9.59 Å². The molecule has 0 saturated heterocycles. The van der Waals surface area contributed by atoms with Gasteiger partial charge in [-0.25, -0.2) is 0 Å². The molecule has 0 aliphatic rings. The van der Waals surface area contributed by atoms with Crippen molar-refractivity contribution in [1.82, 2.24) is 0 Å². The van der Waals surface area contributed by atoms with Gasteiger partial charge in [-0.3, -0.25) is 9.59 Å². The predicted octanol–water partition coefficient (Wildman–Crippen LogP) is 3.17. The molecule has 0 saturated carbocycles. The minimum Gasteiger partial charge on any atom is -0.427 e. The van der Waals surface area contributed by atoms with Crippen molar-refractivity contribution in [2.75, 3.05) is 0 Å². The average Bonchev–Trinajstić information content (AvgIpc) is 2.62. The van der Waals surface area contributed by atoms with E-state index in [1.807, 2.05) is 37.3 Å². The van der Waals surface area contributed by atoms with E-state index in [4.69, 9.17) is 10.6 Å².